The molecule has 0 aromatic carbocycles. The number of hydrogen-bond donors (Lipinski definition) is 0. The Morgan fingerprint density at radius 1 is 1.57 bits per heavy atom. The van der Waals surface area contributed by atoms with Crippen LogP contribution in [0.15, 0.2) is 12.2 Å². The number of carbonyl (C=O) groups is 1. The maximum atomic E-state index is 11.7. The summed E-state index contributed by atoms with van der Waals surface area (Å²) in [5.74, 6) is -0.0726. The third-order valence-corrected chi connectivity index (χ3v) is 2.91. The molecule has 0 bridgehead atoms. The van der Waals surface area contributed by atoms with Crippen LogP contribution in [0.3, 0.4) is 0 Å². The predicted molar refractivity (Wildman–Crippen MR) is 56.9 cm³/mol. The number of carbonyl (C=O) groups excluding carboxylic acids is 1. The van der Waals surface area contributed by atoms with Gasteiger partial charge >= 0.3 is 5.97 Å². The van der Waals surface area contributed by atoms with Crippen LogP contribution in [0.5, 0.6) is 0 Å². The third-order valence-electron chi connectivity index (χ3n) is 2.91. The standard InChI is InChI=1S/C12H20O2/c1-4-12(2,3)11(13)14-10-8-6-5-7-9-10/h6,8,10H,4-5,7,9H2,1-3H3. The molecule has 1 atom stereocenters. The first-order chi connectivity index (χ1) is 6.56. The molecular formula is C12H20O2. The fourth-order valence-electron chi connectivity index (χ4n) is 1.32. The topological polar surface area (TPSA) is 26.3 Å². The molecule has 1 aliphatic carbocycles. The Balaban J connectivity index is 2.47. The average Bonchev–Trinajstić information content (AvgIpc) is 2.19. The second-order valence-electron chi connectivity index (χ2n) is 4.54. The smallest absolute Gasteiger partial charge is 0.312 e. The summed E-state index contributed by atoms with van der Waals surface area (Å²) in [4.78, 5) is 11.7. The fourth-order valence-corrected chi connectivity index (χ4v) is 1.32. The predicted octanol–water partition coefficient (Wildman–Crippen LogP) is 3.07. The van der Waals surface area contributed by atoms with E-state index in [1.807, 2.05) is 26.8 Å². The van der Waals surface area contributed by atoms with Gasteiger partial charge in [-0.15, -0.1) is 0 Å². The summed E-state index contributed by atoms with van der Waals surface area (Å²) < 4.78 is 5.42. The van der Waals surface area contributed by atoms with Crippen molar-refractivity contribution in [2.24, 2.45) is 5.41 Å². The van der Waals surface area contributed by atoms with Crippen LogP contribution in [-0.4, -0.2) is 12.1 Å². The van der Waals surface area contributed by atoms with Gasteiger partial charge < -0.3 is 4.74 Å². The molecule has 0 fully saturated rings. The van der Waals surface area contributed by atoms with E-state index in [1.54, 1.807) is 0 Å². The van der Waals surface area contributed by atoms with Gasteiger partial charge in [-0.1, -0.05) is 13.0 Å². The zero-order valence-electron chi connectivity index (χ0n) is 9.38. The monoisotopic (exact) mass is 196 g/mol. The van der Waals surface area contributed by atoms with Gasteiger partial charge in [-0.2, -0.15) is 0 Å². The van der Waals surface area contributed by atoms with Crippen LogP contribution in [0.1, 0.15) is 46.5 Å². The van der Waals surface area contributed by atoms with Crippen molar-refractivity contribution < 1.29 is 9.53 Å². The Morgan fingerprint density at radius 3 is 2.79 bits per heavy atom. The Morgan fingerprint density at radius 2 is 2.29 bits per heavy atom. The van der Waals surface area contributed by atoms with Gasteiger partial charge in [-0.3, -0.25) is 4.79 Å². The van der Waals surface area contributed by atoms with Crippen molar-refractivity contribution >= 4 is 5.97 Å². The molecule has 0 radical (unpaired) electrons. The van der Waals surface area contributed by atoms with Crippen LogP contribution < -0.4 is 0 Å². The Bertz CT molecular complexity index is 228. The molecule has 0 N–H and O–H groups in total. The van der Waals surface area contributed by atoms with Gasteiger partial charge in [0.2, 0.25) is 0 Å². The van der Waals surface area contributed by atoms with Crippen molar-refractivity contribution in [3.8, 4) is 0 Å². The Hall–Kier alpha value is -0.790. The number of ether oxygens (including phenoxy) is 1. The van der Waals surface area contributed by atoms with Crippen LogP contribution in [0.25, 0.3) is 0 Å². The molecule has 1 aliphatic rings. The van der Waals surface area contributed by atoms with E-state index < -0.39 is 0 Å². The van der Waals surface area contributed by atoms with Crippen LogP contribution in [0, 0.1) is 5.41 Å². The Labute approximate surface area is 86.3 Å². The number of rotatable bonds is 3. The number of esters is 1. The van der Waals surface area contributed by atoms with Crippen molar-refractivity contribution in [1.82, 2.24) is 0 Å². The lowest BCUT2D eigenvalue weighted by atomic mass is 9.90. The summed E-state index contributed by atoms with van der Waals surface area (Å²) in [5.41, 5.74) is -0.342. The quantitative estimate of drug-likeness (QED) is 0.512. The molecule has 1 unspecified atom stereocenters. The lowest BCUT2D eigenvalue weighted by Crippen LogP contribution is -2.29. The van der Waals surface area contributed by atoms with Crippen molar-refractivity contribution in [1.29, 1.82) is 0 Å². The summed E-state index contributed by atoms with van der Waals surface area (Å²) in [6.07, 6.45) is 8.16. The van der Waals surface area contributed by atoms with Gasteiger partial charge in [0, 0.05) is 0 Å². The summed E-state index contributed by atoms with van der Waals surface area (Å²) in [7, 11) is 0. The molecule has 2 heteroatoms. The summed E-state index contributed by atoms with van der Waals surface area (Å²) in [6.45, 7) is 5.88. The number of allylic oxidation sites excluding steroid dienone is 1. The van der Waals surface area contributed by atoms with Gasteiger partial charge in [0.25, 0.3) is 0 Å². The summed E-state index contributed by atoms with van der Waals surface area (Å²) >= 11 is 0. The molecule has 0 aliphatic heterocycles. The normalized spacial score (nSPS) is 22.1. The average molecular weight is 196 g/mol. The fraction of sp³-hybridized carbons (Fsp3) is 0.750. The highest BCUT2D eigenvalue weighted by atomic mass is 16.5. The molecule has 0 aromatic heterocycles. The minimum atomic E-state index is -0.342. The minimum absolute atomic E-state index is 0.0158. The van der Waals surface area contributed by atoms with Crippen molar-refractivity contribution in [3.63, 3.8) is 0 Å². The van der Waals surface area contributed by atoms with E-state index in [1.165, 1.54) is 0 Å². The van der Waals surface area contributed by atoms with E-state index in [0.717, 1.165) is 25.7 Å². The van der Waals surface area contributed by atoms with Crippen molar-refractivity contribution in [2.75, 3.05) is 0 Å². The van der Waals surface area contributed by atoms with E-state index in [-0.39, 0.29) is 17.5 Å². The van der Waals surface area contributed by atoms with Crippen molar-refractivity contribution in [3.05, 3.63) is 12.2 Å². The van der Waals surface area contributed by atoms with Crippen LogP contribution in [0.4, 0.5) is 0 Å². The summed E-state index contributed by atoms with van der Waals surface area (Å²) in [6, 6.07) is 0. The molecule has 0 saturated heterocycles. The van der Waals surface area contributed by atoms with Crippen LogP contribution in [-0.2, 0) is 9.53 Å². The molecule has 0 spiro atoms. The molecular weight excluding hydrogens is 176 g/mol. The van der Waals surface area contributed by atoms with E-state index in [0.29, 0.717) is 0 Å². The first-order valence-corrected chi connectivity index (χ1v) is 5.44. The zero-order chi connectivity index (χ0) is 10.6. The van der Waals surface area contributed by atoms with Gasteiger partial charge in [0.15, 0.2) is 0 Å². The van der Waals surface area contributed by atoms with Gasteiger partial charge in [-0.25, -0.2) is 0 Å². The molecule has 2 nitrogen and oxygen atoms in total. The molecule has 0 aromatic rings. The highest BCUT2D eigenvalue weighted by molar-refractivity contribution is 5.76. The van der Waals surface area contributed by atoms with Crippen molar-refractivity contribution in [2.45, 2.75) is 52.6 Å². The second kappa shape index (κ2) is 4.63. The molecule has 1 rings (SSSR count). The summed E-state index contributed by atoms with van der Waals surface area (Å²) in [5, 5.41) is 0. The Kier molecular flexibility index (Phi) is 3.73. The lowest BCUT2D eigenvalue weighted by molar-refractivity contribution is -0.158. The molecule has 0 heterocycles. The number of hydrogen-bond acceptors (Lipinski definition) is 2. The van der Waals surface area contributed by atoms with E-state index in [9.17, 15) is 4.79 Å². The highest BCUT2D eigenvalue weighted by Gasteiger charge is 2.29. The second-order valence-corrected chi connectivity index (χ2v) is 4.54. The first-order valence-electron chi connectivity index (χ1n) is 5.44. The maximum absolute atomic E-state index is 11.7. The van der Waals surface area contributed by atoms with Gasteiger partial charge in [-0.05, 0) is 45.6 Å². The molecule has 80 valence electrons. The van der Waals surface area contributed by atoms with E-state index in [4.69, 9.17) is 4.74 Å². The van der Waals surface area contributed by atoms with Crippen LogP contribution in [0.2, 0.25) is 0 Å². The maximum Gasteiger partial charge on any atom is 0.312 e. The largest absolute Gasteiger partial charge is 0.458 e. The molecule has 14 heavy (non-hydrogen) atoms. The SMILES string of the molecule is CCC(C)(C)C(=O)OC1C=CCCC1. The lowest BCUT2D eigenvalue weighted by Gasteiger charge is -2.25. The zero-order valence-corrected chi connectivity index (χ0v) is 9.38. The molecule has 0 saturated carbocycles. The third kappa shape index (κ3) is 2.86. The van der Waals surface area contributed by atoms with Gasteiger partial charge in [0.1, 0.15) is 6.10 Å². The first kappa shape index (κ1) is 11.3. The minimum Gasteiger partial charge on any atom is -0.458 e. The highest BCUT2D eigenvalue weighted by Crippen LogP contribution is 2.24. The van der Waals surface area contributed by atoms with Crippen LogP contribution >= 0.6 is 0 Å². The van der Waals surface area contributed by atoms with E-state index in [2.05, 4.69) is 6.08 Å². The molecule has 0 amide bonds. The van der Waals surface area contributed by atoms with Gasteiger partial charge in [0.05, 0.1) is 5.41 Å². The van der Waals surface area contributed by atoms with E-state index >= 15 is 0 Å².